The Hall–Kier alpha value is -1.15. The van der Waals surface area contributed by atoms with Gasteiger partial charge in [0, 0.05) is 38.6 Å². The SMILES string of the molecule is O=C(NCCN1CCCS1(=O)=O)[C@@H]1CC(=O)N(C2CCCC2)C1. The lowest BCUT2D eigenvalue weighted by molar-refractivity contribution is -0.130. The molecule has 0 bridgehead atoms. The Morgan fingerprint density at radius 2 is 1.96 bits per heavy atom. The molecule has 3 aliphatic rings. The normalized spacial score (nSPS) is 28.6. The van der Waals surface area contributed by atoms with Crippen molar-refractivity contribution in [2.45, 2.75) is 44.6 Å². The third-order valence-electron chi connectivity index (χ3n) is 5.16. The Morgan fingerprint density at radius 1 is 1.22 bits per heavy atom. The molecule has 2 amide bonds. The van der Waals surface area contributed by atoms with Crippen LogP contribution in [0.25, 0.3) is 0 Å². The zero-order valence-corrected chi connectivity index (χ0v) is 14.2. The van der Waals surface area contributed by atoms with Crippen molar-refractivity contribution in [2.24, 2.45) is 5.92 Å². The molecule has 8 heteroatoms. The van der Waals surface area contributed by atoms with Crippen molar-refractivity contribution in [3.63, 3.8) is 0 Å². The number of rotatable bonds is 5. The number of carbonyl (C=O) groups excluding carboxylic acids is 2. The summed E-state index contributed by atoms with van der Waals surface area (Å²) in [5.74, 6) is -0.137. The standard InChI is InChI=1S/C15H25N3O4S/c19-14-10-12(11-18(14)13-4-1-2-5-13)15(20)16-6-8-17-7-3-9-23(17,21)22/h12-13H,1-11H2,(H,16,20)/t12-/m1/s1. The van der Waals surface area contributed by atoms with Crippen LogP contribution in [0.3, 0.4) is 0 Å². The molecule has 2 saturated heterocycles. The summed E-state index contributed by atoms with van der Waals surface area (Å²) in [6.45, 7) is 1.68. The summed E-state index contributed by atoms with van der Waals surface area (Å²) in [6, 6.07) is 0.315. The molecule has 0 spiro atoms. The van der Waals surface area contributed by atoms with Crippen molar-refractivity contribution < 1.29 is 18.0 Å². The van der Waals surface area contributed by atoms with Gasteiger partial charge in [0.05, 0.1) is 11.7 Å². The maximum Gasteiger partial charge on any atom is 0.225 e. The number of carbonyl (C=O) groups is 2. The minimum Gasteiger partial charge on any atom is -0.354 e. The van der Waals surface area contributed by atoms with Crippen LogP contribution in [0.2, 0.25) is 0 Å². The highest BCUT2D eigenvalue weighted by atomic mass is 32.2. The Bertz CT molecular complexity index is 571. The Kier molecular flexibility index (Phi) is 4.91. The largest absolute Gasteiger partial charge is 0.354 e. The molecule has 0 aromatic carbocycles. The van der Waals surface area contributed by atoms with Crippen molar-refractivity contribution in [2.75, 3.05) is 31.9 Å². The second kappa shape index (κ2) is 6.76. The van der Waals surface area contributed by atoms with E-state index in [1.165, 1.54) is 4.31 Å². The number of nitrogens with zero attached hydrogens (tertiary/aromatic N) is 2. The third kappa shape index (κ3) is 3.68. The molecule has 2 heterocycles. The molecule has 3 rings (SSSR count). The maximum atomic E-state index is 12.2. The van der Waals surface area contributed by atoms with Gasteiger partial charge in [-0.3, -0.25) is 9.59 Å². The third-order valence-corrected chi connectivity index (χ3v) is 7.11. The zero-order chi connectivity index (χ0) is 16.4. The molecule has 23 heavy (non-hydrogen) atoms. The molecule has 0 unspecified atom stereocenters. The first-order chi connectivity index (χ1) is 11.0. The first-order valence-electron chi connectivity index (χ1n) is 8.52. The van der Waals surface area contributed by atoms with Crippen molar-refractivity contribution in [1.82, 2.24) is 14.5 Å². The number of sulfonamides is 1. The molecule has 0 aromatic rings. The molecule has 1 atom stereocenters. The van der Waals surface area contributed by atoms with Crippen LogP contribution < -0.4 is 5.32 Å². The van der Waals surface area contributed by atoms with E-state index in [0.29, 0.717) is 38.6 Å². The first-order valence-corrected chi connectivity index (χ1v) is 10.1. The minimum atomic E-state index is -3.11. The quantitative estimate of drug-likeness (QED) is 0.757. The second-order valence-electron chi connectivity index (χ2n) is 6.75. The van der Waals surface area contributed by atoms with Gasteiger partial charge in [0.25, 0.3) is 0 Å². The van der Waals surface area contributed by atoms with E-state index in [1.807, 2.05) is 4.90 Å². The smallest absolute Gasteiger partial charge is 0.225 e. The van der Waals surface area contributed by atoms with Crippen LogP contribution in [0.15, 0.2) is 0 Å². The molecular formula is C15H25N3O4S. The van der Waals surface area contributed by atoms with Gasteiger partial charge in [-0.1, -0.05) is 12.8 Å². The molecule has 7 nitrogen and oxygen atoms in total. The summed E-state index contributed by atoms with van der Waals surface area (Å²) in [4.78, 5) is 26.2. The zero-order valence-electron chi connectivity index (χ0n) is 13.4. The number of hydrogen-bond donors (Lipinski definition) is 1. The molecular weight excluding hydrogens is 318 g/mol. The molecule has 130 valence electrons. The summed E-state index contributed by atoms with van der Waals surface area (Å²) in [7, 11) is -3.11. The first kappa shape index (κ1) is 16.7. The summed E-state index contributed by atoms with van der Waals surface area (Å²) < 4.78 is 24.8. The number of amides is 2. The molecule has 1 N–H and O–H groups in total. The fourth-order valence-corrected chi connectivity index (χ4v) is 5.40. The van der Waals surface area contributed by atoms with E-state index in [9.17, 15) is 18.0 Å². The van der Waals surface area contributed by atoms with Gasteiger partial charge in [0.2, 0.25) is 21.8 Å². The van der Waals surface area contributed by atoms with Gasteiger partial charge in [-0.05, 0) is 19.3 Å². The Balaban J connectivity index is 1.45. The van der Waals surface area contributed by atoms with Crippen molar-refractivity contribution in [1.29, 1.82) is 0 Å². The van der Waals surface area contributed by atoms with Gasteiger partial charge in [-0.15, -0.1) is 0 Å². The summed E-state index contributed by atoms with van der Waals surface area (Å²) in [5.41, 5.74) is 0. The van der Waals surface area contributed by atoms with Crippen LogP contribution in [0.4, 0.5) is 0 Å². The molecule has 2 aliphatic heterocycles. The Labute approximate surface area is 137 Å². The average molecular weight is 343 g/mol. The molecule has 1 saturated carbocycles. The van der Waals surface area contributed by atoms with Crippen molar-refractivity contribution >= 4 is 21.8 Å². The van der Waals surface area contributed by atoms with Gasteiger partial charge in [0.15, 0.2) is 0 Å². The molecule has 0 aromatic heterocycles. The van der Waals surface area contributed by atoms with E-state index in [4.69, 9.17) is 0 Å². The average Bonchev–Trinajstić information content (AvgIpc) is 3.19. The van der Waals surface area contributed by atoms with Crippen molar-refractivity contribution in [3.05, 3.63) is 0 Å². The van der Waals surface area contributed by atoms with E-state index < -0.39 is 10.0 Å². The highest BCUT2D eigenvalue weighted by Gasteiger charge is 2.38. The highest BCUT2D eigenvalue weighted by Crippen LogP contribution is 2.29. The van der Waals surface area contributed by atoms with Gasteiger partial charge in [-0.25, -0.2) is 12.7 Å². The van der Waals surface area contributed by atoms with Crippen LogP contribution in [0, 0.1) is 5.92 Å². The maximum absolute atomic E-state index is 12.2. The van der Waals surface area contributed by atoms with Crippen LogP contribution in [-0.2, 0) is 19.6 Å². The number of nitrogens with one attached hydrogen (secondary N) is 1. The van der Waals surface area contributed by atoms with Gasteiger partial charge in [-0.2, -0.15) is 0 Å². The van der Waals surface area contributed by atoms with Gasteiger partial charge in [0.1, 0.15) is 0 Å². The fraction of sp³-hybridized carbons (Fsp3) is 0.867. The van der Waals surface area contributed by atoms with Crippen LogP contribution in [0.1, 0.15) is 38.5 Å². The van der Waals surface area contributed by atoms with Gasteiger partial charge >= 0.3 is 0 Å². The van der Waals surface area contributed by atoms with Gasteiger partial charge < -0.3 is 10.2 Å². The topological polar surface area (TPSA) is 86.8 Å². The minimum absolute atomic E-state index is 0.0826. The molecule has 3 fully saturated rings. The van der Waals surface area contributed by atoms with Crippen molar-refractivity contribution in [3.8, 4) is 0 Å². The number of likely N-dealkylation sites (tertiary alicyclic amines) is 1. The fourth-order valence-electron chi connectivity index (χ4n) is 3.87. The predicted molar refractivity (Wildman–Crippen MR) is 85.1 cm³/mol. The number of hydrogen-bond acceptors (Lipinski definition) is 4. The van der Waals surface area contributed by atoms with E-state index in [-0.39, 0.29) is 29.9 Å². The second-order valence-corrected chi connectivity index (χ2v) is 8.83. The summed E-state index contributed by atoms with van der Waals surface area (Å²) in [5, 5.41) is 2.80. The molecule has 0 radical (unpaired) electrons. The lowest BCUT2D eigenvalue weighted by Gasteiger charge is -2.24. The lowest BCUT2D eigenvalue weighted by Crippen LogP contribution is -2.40. The monoisotopic (exact) mass is 343 g/mol. The van der Waals surface area contributed by atoms with Crippen LogP contribution >= 0.6 is 0 Å². The highest BCUT2D eigenvalue weighted by molar-refractivity contribution is 7.89. The Morgan fingerprint density at radius 3 is 2.61 bits per heavy atom. The van der Waals surface area contributed by atoms with Crippen LogP contribution in [-0.4, -0.2) is 67.4 Å². The van der Waals surface area contributed by atoms with E-state index >= 15 is 0 Å². The summed E-state index contributed by atoms with van der Waals surface area (Å²) in [6.07, 6.45) is 5.36. The summed E-state index contributed by atoms with van der Waals surface area (Å²) >= 11 is 0. The lowest BCUT2D eigenvalue weighted by atomic mass is 10.1. The van der Waals surface area contributed by atoms with E-state index in [2.05, 4.69) is 5.32 Å². The molecule has 1 aliphatic carbocycles. The van der Waals surface area contributed by atoms with Crippen LogP contribution in [0.5, 0.6) is 0 Å². The predicted octanol–water partition coefficient (Wildman–Crippen LogP) is -0.0708. The van der Waals surface area contributed by atoms with E-state index in [1.54, 1.807) is 0 Å². The van der Waals surface area contributed by atoms with E-state index in [0.717, 1.165) is 25.7 Å².